The van der Waals surface area contributed by atoms with Gasteiger partial charge >= 0.3 is 12.2 Å². The summed E-state index contributed by atoms with van der Waals surface area (Å²) in [5, 5.41) is 0.898. The summed E-state index contributed by atoms with van der Waals surface area (Å²) in [5.74, 6) is 0. The van der Waals surface area contributed by atoms with Gasteiger partial charge in [0.15, 0.2) is 5.16 Å². The average Bonchev–Trinajstić information content (AvgIpc) is 2.71. The van der Waals surface area contributed by atoms with E-state index in [0.717, 1.165) is 37.0 Å². The molecule has 0 N–H and O–H groups in total. The molecule has 0 radical (unpaired) electrons. The third-order valence-electron chi connectivity index (χ3n) is 5.26. The average molecular weight is 491 g/mol. The summed E-state index contributed by atoms with van der Waals surface area (Å²) < 4.78 is 12.7. The van der Waals surface area contributed by atoms with Crippen molar-refractivity contribution < 1.29 is 19.1 Å². The van der Waals surface area contributed by atoms with E-state index in [-0.39, 0.29) is 17.3 Å². The van der Waals surface area contributed by atoms with Crippen LogP contribution in [0.2, 0.25) is 0 Å². The SMILES string of the molecule is CSc1ncc2c(N(C(=O)OC(C)(C)C)C(=O)OC(C)(C)C)cc(=O)n(C3CCCCC3)c2n1. The quantitative estimate of drug-likeness (QED) is 0.399. The van der Waals surface area contributed by atoms with E-state index in [9.17, 15) is 14.4 Å². The zero-order chi connectivity index (χ0) is 25.3. The van der Waals surface area contributed by atoms with Crippen LogP contribution in [-0.2, 0) is 9.47 Å². The Labute approximate surface area is 204 Å². The van der Waals surface area contributed by atoms with E-state index in [1.165, 1.54) is 17.8 Å². The van der Waals surface area contributed by atoms with Gasteiger partial charge in [-0.3, -0.25) is 9.36 Å². The first kappa shape index (κ1) is 26.0. The molecule has 9 nitrogen and oxygen atoms in total. The van der Waals surface area contributed by atoms with Crippen LogP contribution < -0.4 is 10.5 Å². The van der Waals surface area contributed by atoms with Crippen LogP contribution in [0.25, 0.3) is 11.0 Å². The Hall–Kier alpha value is -2.62. The van der Waals surface area contributed by atoms with Crippen molar-refractivity contribution in [2.75, 3.05) is 11.2 Å². The maximum atomic E-state index is 13.4. The lowest BCUT2D eigenvalue weighted by Crippen LogP contribution is -2.44. The van der Waals surface area contributed by atoms with E-state index in [0.29, 0.717) is 16.2 Å². The largest absolute Gasteiger partial charge is 0.443 e. The van der Waals surface area contributed by atoms with Crippen molar-refractivity contribution in [1.82, 2.24) is 14.5 Å². The molecule has 3 rings (SSSR count). The van der Waals surface area contributed by atoms with Crippen molar-refractivity contribution in [2.45, 2.75) is 96.0 Å². The molecule has 34 heavy (non-hydrogen) atoms. The number of pyridine rings is 1. The normalized spacial score (nSPS) is 15.3. The molecule has 10 heteroatoms. The number of imide groups is 1. The van der Waals surface area contributed by atoms with Gasteiger partial charge in [-0.25, -0.2) is 19.6 Å². The van der Waals surface area contributed by atoms with E-state index < -0.39 is 23.4 Å². The number of carbonyl (C=O) groups excluding carboxylic acids is 2. The second-order valence-corrected chi connectivity index (χ2v) is 11.2. The number of carbonyl (C=O) groups is 2. The number of ether oxygens (including phenoxy) is 2. The molecule has 0 unspecified atom stereocenters. The first-order chi connectivity index (χ1) is 15.8. The molecule has 0 aromatic carbocycles. The maximum Gasteiger partial charge on any atom is 0.424 e. The van der Waals surface area contributed by atoms with Gasteiger partial charge in [-0.15, -0.1) is 0 Å². The Morgan fingerprint density at radius 3 is 2.09 bits per heavy atom. The van der Waals surface area contributed by atoms with Crippen molar-refractivity contribution in [2.24, 2.45) is 0 Å². The van der Waals surface area contributed by atoms with Crippen LogP contribution in [0.15, 0.2) is 22.2 Å². The van der Waals surface area contributed by atoms with Crippen molar-refractivity contribution in [3.63, 3.8) is 0 Å². The second kappa shape index (κ2) is 9.93. The predicted octanol–water partition coefficient (Wildman–Crippen LogP) is 5.70. The van der Waals surface area contributed by atoms with Crippen LogP contribution in [-0.4, -0.2) is 44.2 Å². The molecule has 1 saturated carbocycles. The smallest absolute Gasteiger partial charge is 0.424 e. The van der Waals surface area contributed by atoms with Gasteiger partial charge in [0.2, 0.25) is 0 Å². The number of fused-ring (bicyclic) bond motifs is 1. The topological polar surface area (TPSA) is 104 Å². The van der Waals surface area contributed by atoms with Gasteiger partial charge < -0.3 is 9.47 Å². The van der Waals surface area contributed by atoms with Crippen LogP contribution in [0.3, 0.4) is 0 Å². The number of rotatable bonds is 3. The third kappa shape index (κ3) is 6.08. The zero-order valence-corrected chi connectivity index (χ0v) is 21.8. The van der Waals surface area contributed by atoms with Gasteiger partial charge in [0, 0.05) is 18.3 Å². The number of amides is 2. The Morgan fingerprint density at radius 2 is 1.59 bits per heavy atom. The van der Waals surface area contributed by atoms with Gasteiger partial charge in [0.1, 0.15) is 16.8 Å². The number of aromatic nitrogens is 3. The molecule has 0 atom stereocenters. The Morgan fingerprint density at radius 1 is 1.03 bits per heavy atom. The predicted molar refractivity (Wildman–Crippen MR) is 133 cm³/mol. The van der Waals surface area contributed by atoms with Gasteiger partial charge in [-0.05, 0) is 60.6 Å². The van der Waals surface area contributed by atoms with Gasteiger partial charge in [-0.2, -0.15) is 4.90 Å². The summed E-state index contributed by atoms with van der Waals surface area (Å²) in [6.07, 6.45) is 6.46. The van der Waals surface area contributed by atoms with Gasteiger partial charge in [0.25, 0.3) is 5.56 Å². The first-order valence-corrected chi connectivity index (χ1v) is 12.8. The van der Waals surface area contributed by atoms with Crippen molar-refractivity contribution >= 4 is 40.7 Å². The monoisotopic (exact) mass is 490 g/mol. The fourth-order valence-corrected chi connectivity index (χ4v) is 4.29. The molecule has 2 aromatic heterocycles. The summed E-state index contributed by atoms with van der Waals surface area (Å²) >= 11 is 1.35. The van der Waals surface area contributed by atoms with E-state index in [1.54, 1.807) is 52.3 Å². The fourth-order valence-electron chi connectivity index (χ4n) is 3.95. The summed E-state index contributed by atoms with van der Waals surface area (Å²) in [7, 11) is 0. The molecule has 2 aromatic rings. The Balaban J connectivity index is 2.25. The molecule has 186 valence electrons. The molecular formula is C24H34N4O5S. The summed E-state index contributed by atoms with van der Waals surface area (Å²) in [5.41, 5.74) is -1.63. The molecule has 1 fully saturated rings. The zero-order valence-electron chi connectivity index (χ0n) is 21.0. The lowest BCUT2D eigenvalue weighted by Gasteiger charge is -2.30. The lowest BCUT2D eigenvalue weighted by molar-refractivity contribution is 0.0431. The summed E-state index contributed by atoms with van der Waals surface area (Å²) in [6, 6.07) is 1.28. The number of hydrogen-bond donors (Lipinski definition) is 0. The minimum Gasteiger partial charge on any atom is -0.443 e. The van der Waals surface area contributed by atoms with E-state index in [4.69, 9.17) is 9.47 Å². The van der Waals surface area contributed by atoms with E-state index in [2.05, 4.69) is 9.97 Å². The van der Waals surface area contributed by atoms with Crippen LogP contribution in [0, 0.1) is 0 Å². The van der Waals surface area contributed by atoms with Crippen LogP contribution in [0.1, 0.15) is 79.7 Å². The summed E-state index contributed by atoms with van der Waals surface area (Å²) in [6.45, 7) is 10.2. The highest BCUT2D eigenvalue weighted by Crippen LogP contribution is 2.33. The molecule has 2 amide bonds. The van der Waals surface area contributed by atoms with Crippen molar-refractivity contribution in [3.05, 3.63) is 22.6 Å². The van der Waals surface area contributed by atoms with E-state index >= 15 is 0 Å². The van der Waals surface area contributed by atoms with Crippen molar-refractivity contribution in [3.8, 4) is 0 Å². The molecule has 0 saturated heterocycles. The molecule has 0 bridgehead atoms. The molecule has 0 aliphatic heterocycles. The van der Waals surface area contributed by atoms with Crippen LogP contribution in [0.5, 0.6) is 0 Å². The van der Waals surface area contributed by atoms with Gasteiger partial charge in [-0.1, -0.05) is 31.0 Å². The maximum absolute atomic E-state index is 13.4. The lowest BCUT2D eigenvalue weighted by atomic mass is 9.95. The molecule has 0 spiro atoms. The number of hydrogen-bond acceptors (Lipinski definition) is 8. The second-order valence-electron chi connectivity index (χ2n) is 10.4. The highest BCUT2D eigenvalue weighted by Gasteiger charge is 2.35. The van der Waals surface area contributed by atoms with E-state index in [1.807, 2.05) is 6.26 Å². The molecule has 2 heterocycles. The molecule has 1 aliphatic rings. The van der Waals surface area contributed by atoms with Crippen molar-refractivity contribution in [1.29, 1.82) is 0 Å². The minimum absolute atomic E-state index is 0.00101. The number of thioether (sulfide) groups is 1. The van der Waals surface area contributed by atoms with Crippen LogP contribution >= 0.6 is 11.8 Å². The van der Waals surface area contributed by atoms with Crippen LogP contribution in [0.4, 0.5) is 15.3 Å². The number of nitrogens with zero attached hydrogens (tertiary/aromatic N) is 4. The minimum atomic E-state index is -0.938. The third-order valence-corrected chi connectivity index (χ3v) is 5.83. The molecular weight excluding hydrogens is 456 g/mol. The highest BCUT2D eigenvalue weighted by atomic mass is 32.2. The standard InChI is InChI=1S/C24H34N4O5S/c1-23(2,3)32-21(30)28(22(31)33-24(4,5)6)17-13-18(29)27(15-11-9-8-10-12-15)19-16(17)14-25-20(26-19)34-7/h13-15H,8-12H2,1-7H3. The highest BCUT2D eigenvalue weighted by molar-refractivity contribution is 7.98. The Kier molecular flexibility index (Phi) is 7.59. The Bertz CT molecular complexity index is 1100. The molecule has 1 aliphatic carbocycles. The number of anilines is 1. The fraction of sp³-hybridized carbons (Fsp3) is 0.625. The first-order valence-electron chi connectivity index (χ1n) is 11.5. The van der Waals surface area contributed by atoms with Gasteiger partial charge in [0.05, 0.1) is 11.1 Å². The summed E-state index contributed by atoms with van der Waals surface area (Å²) in [4.78, 5) is 49.6.